The minimum Gasteiger partial charge on any atom is -0.446 e. The van der Waals surface area contributed by atoms with Gasteiger partial charge in [-0.3, -0.25) is 0 Å². The van der Waals surface area contributed by atoms with Crippen molar-refractivity contribution in [3.8, 4) is 0 Å². The summed E-state index contributed by atoms with van der Waals surface area (Å²) in [5.74, 6) is 0.702. The molecule has 0 bridgehead atoms. The van der Waals surface area contributed by atoms with Crippen LogP contribution in [0.3, 0.4) is 0 Å². The van der Waals surface area contributed by atoms with Gasteiger partial charge in [-0.25, -0.2) is 4.79 Å². The van der Waals surface area contributed by atoms with E-state index in [4.69, 9.17) is 4.74 Å². The van der Waals surface area contributed by atoms with Crippen molar-refractivity contribution in [2.75, 3.05) is 7.05 Å². The van der Waals surface area contributed by atoms with Crippen molar-refractivity contribution in [1.29, 1.82) is 0 Å². The first-order chi connectivity index (χ1) is 5.72. The van der Waals surface area contributed by atoms with E-state index < -0.39 is 0 Å². The molecular weight excluding hydrogens is 154 g/mol. The second kappa shape index (κ2) is 4.33. The first-order valence-corrected chi connectivity index (χ1v) is 4.60. The minimum absolute atomic E-state index is 0.147. The van der Waals surface area contributed by atoms with Crippen molar-refractivity contribution in [2.24, 2.45) is 5.92 Å². The van der Waals surface area contributed by atoms with Gasteiger partial charge in [0.2, 0.25) is 0 Å². The van der Waals surface area contributed by atoms with Crippen LogP contribution in [0.15, 0.2) is 0 Å². The summed E-state index contributed by atoms with van der Waals surface area (Å²) >= 11 is 0. The lowest BCUT2D eigenvalue weighted by Gasteiger charge is -2.26. The van der Waals surface area contributed by atoms with Gasteiger partial charge < -0.3 is 10.1 Å². The molecule has 0 aliphatic heterocycles. The normalized spacial score (nSPS) is 29.5. The number of carbonyl (C=O) groups excluding carboxylic acids is 1. The fourth-order valence-corrected chi connectivity index (χ4v) is 1.70. The van der Waals surface area contributed by atoms with Gasteiger partial charge in [0, 0.05) is 7.05 Å². The molecule has 2 atom stereocenters. The van der Waals surface area contributed by atoms with Crippen LogP contribution < -0.4 is 5.32 Å². The predicted octanol–water partition coefficient (Wildman–Crippen LogP) is 1.92. The highest BCUT2D eigenvalue weighted by Gasteiger charge is 2.21. The number of ether oxygens (including phenoxy) is 1. The van der Waals surface area contributed by atoms with Crippen molar-refractivity contribution in [2.45, 2.75) is 38.7 Å². The van der Waals surface area contributed by atoms with Crippen LogP contribution in [0.1, 0.15) is 32.6 Å². The van der Waals surface area contributed by atoms with E-state index in [1.54, 1.807) is 7.05 Å². The Kier molecular flexibility index (Phi) is 3.38. The molecule has 1 amide bonds. The van der Waals surface area contributed by atoms with Crippen molar-refractivity contribution >= 4 is 6.09 Å². The van der Waals surface area contributed by atoms with Gasteiger partial charge in [-0.1, -0.05) is 13.3 Å². The molecule has 1 N–H and O–H groups in total. The molecular formula is C9H17NO2. The fourth-order valence-electron chi connectivity index (χ4n) is 1.70. The van der Waals surface area contributed by atoms with Crippen LogP contribution in [0.4, 0.5) is 4.79 Å². The van der Waals surface area contributed by atoms with Crippen molar-refractivity contribution in [1.82, 2.24) is 5.32 Å². The average molecular weight is 171 g/mol. The van der Waals surface area contributed by atoms with E-state index in [1.165, 1.54) is 12.8 Å². The third kappa shape index (κ3) is 2.72. The number of amides is 1. The molecule has 1 aliphatic rings. The second-order valence-corrected chi connectivity index (χ2v) is 3.55. The summed E-state index contributed by atoms with van der Waals surface area (Å²) in [7, 11) is 1.59. The Balaban J connectivity index is 2.27. The summed E-state index contributed by atoms with van der Waals surface area (Å²) in [6.07, 6.45) is 4.35. The maximum atomic E-state index is 10.9. The molecule has 1 aliphatic carbocycles. The smallest absolute Gasteiger partial charge is 0.407 e. The van der Waals surface area contributed by atoms with Gasteiger partial charge in [0.05, 0.1) is 0 Å². The Morgan fingerprint density at radius 2 is 2.25 bits per heavy atom. The molecule has 1 fully saturated rings. The zero-order chi connectivity index (χ0) is 8.97. The van der Waals surface area contributed by atoms with Crippen LogP contribution in [-0.4, -0.2) is 19.2 Å². The lowest BCUT2D eigenvalue weighted by Crippen LogP contribution is -2.29. The van der Waals surface area contributed by atoms with Crippen molar-refractivity contribution < 1.29 is 9.53 Å². The highest BCUT2D eigenvalue weighted by atomic mass is 16.6. The van der Waals surface area contributed by atoms with Crippen molar-refractivity contribution in [3.05, 3.63) is 0 Å². The Morgan fingerprint density at radius 3 is 2.83 bits per heavy atom. The molecule has 12 heavy (non-hydrogen) atoms. The summed E-state index contributed by atoms with van der Waals surface area (Å²) in [6.45, 7) is 2.21. The van der Waals surface area contributed by atoms with E-state index in [1.807, 2.05) is 0 Å². The Hall–Kier alpha value is -0.730. The summed E-state index contributed by atoms with van der Waals surface area (Å²) in [4.78, 5) is 10.9. The summed E-state index contributed by atoms with van der Waals surface area (Å²) < 4.78 is 5.16. The Morgan fingerprint density at radius 1 is 1.50 bits per heavy atom. The van der Waals surface area contributed by atoms with Crippen LogP contribution >= 0.6 is 0 Å². The molecule has 1 saturated carbocycles. The van der Waals surface area contributed by atoms with Crippen LogP contribution in [0.25, 0.3) is 0 Å². The topological polar surface area (TPSA) is 38.3 Å². The minimum atomic E-state index is -0.297. The number of nitrogens with one attached hydrogen (secondary N) is 1. The molecule has 0 saturated heterocycles. The van der Waals surface area contributed by atoms with E-state index in [2.05, 4.69) is 12.2 Å². The third-order valence-electron chi connectivity index (χ3n) is 2.37. The van der Waals surface area contributed by atoms with Crippen molar-refractivity contribution in [3.63, 3.8) is 0 Å². The SMILES string of the molecule is CNC(=O)O[C@H]1CCC[C@@H](C)C1. The van der Waals surface area contributed by atoms with Crippen LogP contribution in [0.2, 0.25) is 0 Å². The summed E-state index contributed by atoms with van der Waals surface area (Å²) in [5, 5.41) is 2.47. The lowest BCUT2D eigenvalue weighted by atomic mass is 9.89. The molecule has 3 nitrogen and oxygen atoms in total. The quantitative estimate of drug-likeness (QED) is 0.654. The largest absolute Gasteiger partial charge is 0.446 e. The van der Waals surface area contributed by atoms with E-state index in [-0.39, 0.29) is 12.2 Å². The molecule has 0 aromatic rings. The highest BCUT2D eigenvalue weighted by molar-refractivity contribution is 5.66. The number of hydrogen-bond acceptors (Lipinski definition) is 2. The van der Waals surface area contributed by atoms with E-state index in [9.17, 15) is 4.79 Å². The maximum absolute atomic E-state index is 10.9. The zero-order valence-corrected chi connectivity index (χ0v) is 7.80. The molecule has 0 spiro atoms. The molecule has 0 aromatic carbocycles. The number of rotatable bonds is 1. The average Bonchev–Trinajstić information content (AvgIpc) is 2.04. The number of hydrogen-bond donors (Lipinski definition) is 1. The van der Waals surface area contributed by atoms with Gasteiger partial charge in [-0.15, -0.1) is 0 Å². The second-order valence-electron chi connectivity index (χ2n) is 3.55. The molecule has 1 rings (SSSR count). The van der Waals surface area contributed by atoms with Gasteiger partial charge in [-0.2, -0.15) is 0 Å². The van der Waals surface area contributed by atoms with Gasteiger partial charge in [-0.05, 0) is 25.2 Å². The third-order valence-corrected chi connectivity index (χ3v) is 2.37. The molecule has 0 heterocycles. The first-order valence-electron chi connectivity index (χ1n) is 4.60. The zero-order valence-electron chi connectivity index (χ0n) is 7.80. The van der Waals surface area contributed by atoms with Gasteiger partial charge >= 0.3 is 6.09 Å². The van der Waals surface area contributed by atoms with Crippen LogP contribution in [-0.2, 0) is 4.74 Å². The van der Waals surface area contributed by atoms with Gasteiger partial charge in [0.25, 0.3) is 0 Å². The van der Waals surface area contributed by atoms with Gasteiger partial charge in [0.15, 0.2) is 0 Å². The monoisotopic (exact) mass is 171 g/mol. The van der Waals surface area contributed by atoms with E-state index in [0.29, 0.717) is 5.92 Å². The van der Waals surface area contributed by atoms with Gasteiger partial charge in [0.1, 0.15) is 6.10 Å². The fraction of sp³-hybridized carbons (Fsp3) is 0.889. The predicted molar refractivity (Wildman–Crippen MR) is 47.0 cm³/mol. The standard InChI is InChI=1S/C9H17NO2/c1-7-4-3-5-8(6-7)12-9(11)10-2/h7-8H,3-6H2,1-2H3,(H,10,11)/t7-,8+/m1/s1. The highest BCUT2D eigenvalue weighted by Crippen LogP contribution is 2.25. The molecule has 0 radical (unpaired) electrons. The Bertz CT molecular complexity index is 159. The lowest BCUT2D eigenvalue weighted by molar-refractivity contribution is 0.0638. The molecule has 0 unspecified atom stereocenters. The Labute approximate surface area is 73.5 Å². The molecule has 70 valence electrons. The van der Waals surface area contributed by atoms with E-state index >= 15 is 0 Å². The first kappa shape index (κ1) is 9.36. The summed E-state index contributed by atoms with van der Waals surface area (Å²) in [5.41, 5.74) is 0. The molecule has 0 aromatic heterocycles. The maximum Gasteiger partial charge on any atom is 0.407 e. The number of alkyl carbamates (subject to hydrolysis) is 1. The number of carbonyl (C=O) groups is 1. The van der Waals surface area contributed by atoms with Crippen LogP contribution in [0.5, 0.6) is 0 Å². The van der Waals surface area contributed by atoms with E-state index in [0.717, 1.165) is 12.8 Å². The molecule has 3 heteroatoms. The van der Waals surface area contributed by atoms with Crippen LogP contribution in [0, 0.1) is 5.92 Å². The summed E-state index contributed by atoms with van der Waals surface area (Å²) in [6, 6.07) is 0.